The summed E-state index contributed by atoms with van der Waals surface area (Å²) >= 11 is 0. The normalized spacial score (nSPS) is 18.5. The molecule has 4 nitrogen and oxygen atoms in total. The number of nitrogens with one attached hydrogen (secondary N) is 1. The fraction of sp³-hybridized carbons (Fsp3) is 0.571. The highest BCUT2D eigenvalue weighted by Gasteiger charge is 2.05. The number of nitrogens with zero attached hydrogens (tertiary/aromatic N) is 1. The van der Waals surface area contributed by atoms with Crippen LogP contribution in [0.3, 0.4) is 0 Å². The van der Waals surface area contributed by atoms with Gasteiger partial charge in [0.25, 0.3) is 0 Å². The monoisotopic (exact) mass is 156 g/mol. The van der Waals surface area contributed by atoms with Crippen LogP contribution in [0.15, 0.2) is 12.2 Å². The van der Waals surface area contributed by atoms with Crippen LogP contribution in [0.4, 0.5) is 0 Å². The van der Waals surface area contributed by atoms with Crippen LogP contribution in [0.2, 0.25) is 0 Å². The molecule has 1 aliphatic rings. The first-order chi connectivity index (χ1) is 5.29. The van der Waals surface area contributed by atoms with Gasteiger partial charge in [-0.3, -0.25) is 4.79 Å². The van der Waals surface area contributed by atoms with Crippen LogP contribution in [0.25, 0.3) is 0 Å². The average molecular weight is 156 g/mol. The molecule has 0 aliphatic carbocycles. The van der Waals surface area contributed by atoms with Gasteiger partial charge in [-0.1, -0.05) is 12.2 Å². The second kappa shape index (κ2) is 4.10. The summed E-state index contributed by atoms with van der Waals surface area (Å²) in [5.41, 5.74) is 2.80. The fourth-order valence-electron chi connectivity index (χ4n) is 0.964. The molecule has 4 heteroatoms. The zero-order chi connectivity index (χ0) is 8.10. The van der Waals surface area contributed by atoms with Crippen molar-refractivity contribution >= 4 is 5.97 Å². The predicted octanol–water partition coefficient (Wildman–Crippen LogP) is -0.163. The van der Waals surface area contributed by atoms with Gasteiger partial charge in [0.1, 0.15) is 6.54 Å². The highest BCUT2D eigenvalue weighted by atomic mass is 16.4. The van der Waals surface area contributed by atoms with Crippen LogP contribution in [0.1, 0.15) is 6.42 Å². The molecule has 0 aromatic heterocycles. The summed E-state index contributed by atoms with van der Waals surface area (Å²) in [5.74, 6) is -0.820. The second-order valence-electron chi connectivity index (χ2n) is 2.43. The Morgan fingerprint density at radius 1 is 1.64 bits per heavy atom. The minimum absolute atomic E-state index is 0.00778. The van der Waals surface area contributed by atoms with Gasteiger partial charge in [-0.25, -0.2) is 10.4 Å². The Morgan fingerprint density at radius 2 is 2.45 bits per heavy atom. The molecule has 0 fully saturated rings. The highest BCUT2D eigenvalue weighted by Crippen LogP contribution is 1.96. The molecule has 0 saturated heterocycles. The first kappa shape index (κ1) is 8.23. The van der Waals surface area contributed by atoms with E-state index in [1.165, 1.54) is 0 Å². The summed E-state index contributed by atoms with van der Waals surface area (Å²) in [4.78, 5) is 10.1. The minimum Gasteiger partial charge on any atom is -0.480 e. The van der Waals surface area contributed by atoms with Crippen molar-refractivity contribution in [3.8, 4) is 0 Å². The molecule has 1 heterocycles. The van der Waals surface area contributed by atoms with Gasteiger partial charge in [-0.05, 0) is 6.42 Å². The third-order valence-corrected chi connectivity index (χ3v) is 1.51. The molecule has 0 bridgehead atoms. The van der Waals surface area contributed by atoms with Crippen molar-refractivity contribution in [2.75, 3.05) is 19.6 Å². The summed E-state index contributed by atoms with van der Waals surface area (Å²) < 4.78 is 0. The van der Waals surface area contributed by atoms with Gasteiger partial charge >= 0.3 is 5.97 Å². The number of hydrogen-bond acceptors (Lipinski definition) is 3. The van der Waals surface area contributed by atoms with Gasteiger partial charge in [0.05, 0.1) is 0 Å². The molecule has 2 N–H and O–H groups in total. The molecule has 62 valence electrons. The van der Waals surface area contributed by atoms with Crippen LogP contribution in [-0.2, 0) is 4.79 Å². The van der Waals surface area contributed by atoms with Gasteiger partial charge in [0, 0.05) is 13.1 Å². The van der Waals surface area contributed by atoms with Crippen LogP contribution >= 0.6 is 0 Å². The lowest BCUT2D eigenvalue weighted by Crippen LogP contribution is -2.42. The van der Waals surface area contributed by atoms with E-state index in [1.807, 2.05) is 11.1 Å². The molecule has 0 amide bonds. The predicted molar refractivity (Wildman–Crippen MR) is 41.0 cm³/mol. The largest absolute Gasteiger partial charge is 0.480 e. The van der Waals surface area contributed by atoms with E-state index in [9.17, 15) is 4.79 Å². The van der Waals surface area contributed by atoms with E-state index in [2.05, 4.69) is 11.5 Å². The van der Waals surface area contributed by atoms with Crippen LogP contribution in [-0.4, -0.2) is 35.7 Å². The Kier molecular flexibility index (Phi) is 3.07. The Balaban J connectivity index is 2.16. The third kappa shape index (κ3) is 3.15. The van der Waals surface area contributed by atoms with Gasteiger partial charge < -0.3 is 5.11 Å². The molecule has 11 heavy (non-hydrogen) atoms. The smallest absolute Gasteiger partial charge is 0.318 e. The highest BCUT2D eigenvalue weighted by molar-refractivity contribution is 5.68. The summed E-state index contributed by atoms with van der Waals surface area (Å²) in [5, 5.41) is 10.2. The Hall–Kier alpha value is -0.870. The lowest BCUT2D eigenvalue weighted by atomic mass is 10.3. The minimum atomic E-state index is -0.820. The van der Waals surface area contributed by atoms with Crippen molar-refractivity contribution in [1.29, 1.82) is 0 Å². The summed E-state index contributed by atoms with van der Waals surface area (Å²) in [6, 6.07) is 0. The molecular formula is C7H12N2O2. The van der Waals surface area contributed by atoms with Crippen molar-refractivity contribution in [3.05, 3.63) is 12.2 Å². The summed E-state index contributed by atoms with van der Waals surface area (Å²) in [6.07, 6.45) is 5.11. The molecule has 0 unspecified atom stereocenters. The maximum atomic E-state index is 10.1. The van der Waals surface area contributed by atoms with Gasteiger partial charge in [-0.2, -0.15) is 0 Å². The molecule has 1 aliphatic heterocycles. The van der Waals surface area contributed by atoms with E-state index in [4.69, 9.17) is 5.11 Å². The van der Waals surface area contributed by atoms with Crippen molar-refractivity contribution < 1.29 is 9.90 Å². The summed E-state index contributed by atoms with van der Waals surface area (Å²) in [6.45, 7) is 1.70. The van der Waals surface area contributed by atoms with Crippen molar-refractivity contribution in [1.82, 2.24) is 10.4 Å². The summed E-state index contributed by atoms with van der Waals surface area (Å²) in [7, 11) is 0. The number of aliphatic carboxylic acids is 1. The van der Waals surface area contributed by atoms with Crippen LogP contribution in [0.5, 0.6) is 0 Å². The van der Waals surface area contributed by atoms with Crippen molar-refractivity contribution in [3.63, 3.8) is 0 Å². The molecule has 0 aromatic carbocycles. The zero-order valence-electron chi connectivity index (χ0n) is 6.29. The standard InChI is InChI=1S/C7H12N2O2/c10-7(11)6-8-9-4-2-1-3-5-9/h1-2,8H,3-6H2,(H,10,11). The van der Waals surface area contributed by atoms with E-state index in [-0.39, 0.29) is 6.54 Å². The molecule has 0 atom stereocenters. The van der Waals surface area contributed by atoms with Gasteiger partial charge in [0.2, 0.25) is 0 Å². The first-order valence-electron chi connectivity index (χ1n) is 3.64. The maximum absolute atomic E-state index is 10.1. The Bertz CT molecular complexity index is 168. The van der Waals surface area contributed by atoms with E-state index in [0.717, 1.165) is 19.5 Å². The number of hydrazine groups is 1. The SMILES string of the molecule is O=C(O)CNN1CC=CCC1. The van der Waals surface area contributed by atoms with E-state index >= 15 is 0 Å². The number of carbonyl (C=O) groups is 1. The van der Waals surface area contributed by atoms with Crippen molar-refractivity contribution in [2.45, 2.75) is 6.42 Å². The third-order valence-electron chi connectivity index (χ3n) is 1.51. The quantitative estimate of drug-likeness (QED) is 0.557. The molecule has 0 saturated carbocycles. The van der Waals surface area contributed by atoms with Gasteiger partial charge in [0.15, 0.2) is 0 Å². The zero-order valence-corrected chi connectivity index (χ0v) is 6.29. The van der Waals surface area contributed by atoms with E-state index in [0.29, 0.717) is 0 Å². The molecule has 0 aromatic rings. The number of hydrogen-bond donors (Lipinski definition) is 2. The van der Waals surface area contributed by atoms with Crippen LogP contribution < -0.4 is 5.43 Å². The number of carboxylic acids is 1. The van der Waals surface area contributed by atoms with Gasteiger partial charge in [-0.15, -0.1) is 0 Å². The molecular weight excluding hydrogens is 144 g/mol. The molecule has 0 radical (unpaired) electrons. The number of rotatable bonds is 3. The topological polar surface area (TPSA) is 52.6 Å². The van der Waals surface area contributed by atoms with E-state index in [1.54, 1.807) is 0 Å². The van der Waals surface area contributed by atoms with E-state index < -0.39 is 5.97 Å². The van der Waals surface area contributed by atoms with Crippen LogP contribution in [0, 0.1) is 0 Å². The second-order valence-corrected chi connectivity index (χ2v) is 2.43. The first-order valence-corrected chi connectivity index (χ1v) is 3.64. The Morgan fingerprint density at radius 3 is 3.00 bits per heavy atom. The number of carboxylic acid groups (broad SMARTS) is 1. The molecule has 1 rings (SSSR count). The Labute approximate surface area is 65.5 Å². The van der Waals surface area contributed by atoms with Crippen molar-refractivity contribution in [2.24, 2.45) is 0 Å². The lowest BCUT2D eigenvalue weighted by Gasteiger charge is -2.22. The molecule has 0 spiro atoms. The lowest BCUT2D eigenvalue weighted by molar-refractivity contribution is -0.136. The average Bonchev–Trinajstić information content (AvgIpc) is 2.03. The maximum Gasteiger partial charge on any atom is 0.318 e. The fourth-order valence-corrected chi connectivity index (χ4v) is 0.964.